The summed E-state index contributed by atoms with van der Waals surface area (Å²) in [7, 11) is -3.65. The van der Waals surface area contributed by atoms with Crippen LogP contribution in [0, 0.1) is 6.92 Å². The lowest BCUT2D eigenvalue weighted by molar-refractivity contribution is 0.0892. The molecule has 202 valence electrons. The van der Waals surface area contributed by atoms with E-state index in [-0.39, 0.29) is 30.3 Å². The quantitative estimate of drug-likeness (QED) is 0.312. The van der Waals surface area contributed by atoms with Crippen LogP contribution in [0.5, 0.6) is 0 Å². The van der Waals surface area contributed by atoms with E-state index in [4.69, 9.17) is 5.73 Å². The summed E-state index contributed by atoms with van der Waals surface area (Å²) in [6, 6.07) is 22.3. The van der Waals surface area contributed by atoms with Gasteiger partial charge in [0.15, 0.2) is 5.78 Å². The molecule has 2 aromatic carbocycles. The summed E-state index contributed by atoms with van der Waals surface area (Å²) >= 11 is 1.58. The molecule has 1 saturated heterocycles. The third-order valence-electron chi connectivity index (χ3n) is 7.11. The maximum atomic E-state index is 13.4. The summed E-state index contributed by atoms with van der Waals surface area (Å²) in [6.45, 7) is 3.84. The highest BCUT2D eigenvalue weighted by Crippen LogP contribution is 2.24. The van der Waals surface area contributed by atoms with Crippen molar-refractivity contribution in [3.05, 3.63) is 100 Å². The molecule has 1 aliphatic heterocycles. The molecule has 0 atom stereocenters. The van der Waals surface area contributed by atoms with E-state index in [0.29, 0.717) is 36.6 Å². The number of rotatable bonds is 9. The lowest BCUT2D eigenvalue weighted by atomic mass is 10.1. The molecule has 10 heteroatoms. The number of thiophene rings is 1. The van der Waals surface area contributed by atoms with Gasteiger partial charge >= 0.3 is 0 Å². The maximum Gasteiger partial charge on any atom is 0.250 e. The third kappa shape index (κ3) is 5.74. The van der Waals surface area contributed by atoms with Gasteiger partial charge < -0.3 is 10.3 Å². The van der Waals surface area contributed by atoms with Gasteiger partial charge in [-0.3, -0.25) is 14.5 Å². The average molecular weight is 563 g/mol. The normalized spacial score (nSPS) is 14.9. The van der Waals surface area contributed by atoms with Crippen LogP contribution in [0.1, 0.15) is 31.4 Å². The van der Waals surface area contributed by atoms with Gasteiger partial charge in [-0.05, 0) is 47.7 Å². The van der Waals surface area contributed by atoms with Crippen LogP contribution in [0.15, 0.2) is 83.1 Å². The van der Waals surface area contributed by atoms with E-state index in [1.54, 1.807) is 36.5 Å². The van der Waals surface area contributed by atoms with Crippen LogP contribution >= 0.6 is 11.3 Å². The van der Waals surface area contributed by atoms with Crippen molar-refractivity contribution in [2.45, 2.75) is 18.4 Å². The number of piperazine rings is 1. The van der Waals surface area contributed by atoms with Gasteiger partial charge in [-0.15, -0.1) is 11.3 Å². The van der Waals surface area contributed by atoms with Crippen LogP contribution in [0.4, 0.5) is 0 Å². The zero-order chi connectivity index (χ0) is 27.6. The smallest absolute Gasteiger partial charge is 0.250 e. The number of nitrogens with zero attached hydrogens (tertiary/aromatic N) is 3. The molecule has 0 bridgehead atoms. The van der Waals surface area contributed by atoms with Gasteiger partial charge in [0.2, 0.25) is 10.0 Å². The van der Waals surface area contributed by atoms with Crippen LogP contribution in [-0.2, 0) is 16.6 Å². The molecule has 0 spiro atoms. The average Bonchev–Trinajstić information content (AvgIpc) is 3.58. The fraction of sp³-hybridized carbons (Fsp3) is 0.241. The molecule has 0 aliphatic carbocycles. The Bertz CT molecular complexity index is 1570. The minimum Gasteiger partial charge on any atom is -0.366 e. The predicted molar refractivity (Wildman–Crippen MR) is 153 cm³/mol. The number of hydrogen-bond donors (Lipinski definition) is 1. The molecule has 1 aliphatic rings. The molecule has 0 radical (unpaired) electrons. The number of benzene rings is 2. The Morgan fingerprint density at radius 1 is 0.897 bits per heavy atom. The molecular weight excluding hydrogens is 532 g/mol. The third-order valence-corrected chi connectivity index (χ3v) is 9.88. The molecule has 1 amide bonds. The van der Waals surface area contributed by atoms with Crippen molar-refractivity contribution in [1.29, 1.82) is 0 Å². The van der Waals surface area contributed by atoms with E-state index in [9.17, 15) is 18.0 Å². The van der Waals surface area contributed by atoms with Gasteiger partial charge in [-0.1, -0.05) is 48.5 Å². The summed E-state index contributed by atoms with van der Waals surface area (Å²) in [5.74, 6) is -0.697. The molecule has 2 N–H and O–H groups in total. The summed E-state index contributed by atoms with van der Waals surface area (Å²) < 4.78 is 29.9. The molecule has 0 unspecified atom stereocenters. The van der Waals surface area contributed by atoms with Crippen LogP contribution < -0.4 is 5.73 Å². The number of ketones is 1. The monoisotopic (exact) mass is 562 g/mol. The summed E-state index contributed by atoms with van der Waals surface area (Å²) in [5, 5.41) is 1.97. The Morgan fingerprint density at radius 3 is 2.18 bits per heavy atom. The van der Waals surface area contributed by atoms with E-state index < -0.39 is 15.9 Å². The molecule has 3 heterocycles. The van der Waals surface area contributed by atoms with Gasteiger partial charge in [0.05, 0.1) is 29.2 Å². The Morgan fingerprint density at radius 2 is 1.56 bits per heavy atom. The van der Waals surface area contributed by atoms with Crippen LogP contribution in [0.25, 0.3) is 11.1 Å². The molecule has 2 aromatic heterocycles. The van der Waals surface area contributed by atoms with Gasteiger partial charge in [-0.25, -0.2) is 8.42 Å². The molecule has 4 aromatic rings. The van der Waals surface area contributed by atoms with Crippen molar-refractivity contribution in [2.75, 3.05) is 32.7 Å². The van der Waals surface area contributed by atoms with Crippen LogP contribution in [0.3, 0.4) is 0 Å². The fourth-order valence-corrected chi connectivity index (χ4v) is 7.01. The highest BCUT2D eigenvalue weighted by molar-refractivity contribution is 7.89. The summed E-state index contributed by atoms with van der Waals surface area (Å²) in [4.78, 5) is 28.6. The second kappa shape index (κ2) is 11.3. The number of amides is 1. The number of carbonyl (C=O) groups excluding carboxylic acids is 2. The molecule has 5 rings (SSSR count). The van der Waals surface area contributed by atoms with Crippen molar-refractivity contribution < 1.29 is 18.0 Å². The first kappa shape index (κ1) is 27.0. The highest BCUT2D eigenvalue weighted by atomic mass is 32.2. The van der Waals surface area contributed by atoms with E-state index >= 15 is 0 Å². The minimum absolute atomic E-state index is 0.130. The Hall–Kier alpha value is -3.57. The molecule has 8 nitrogen and oxygen atoms in total. The first-order valence-electron chi connectivity index (χ1n) is 12.7. The van der Waals surface area contributed by atoms with Gasteiger partial charge in [0.25, 0.3) is 5.91 Å². The summed E-state index contributed by atoms with van der Waals surface area (Å²) in [6.07, 6.45) is 0. The summed E-state index contributed by atoms with van der Waals surface area (Å²) in [5.41, 5.74) is 8.98. The molecule has 1 fully saturated rings. The Labute approximate surface area is 232 Å². The minimum atomic E-state index is -3.65. The van der Waals surface area contributed by atoms with Crippen LogP contribution in [-0.4, -0.2) is 66.6 Å². The largest absolute Gasteiger partial charge is 0.366 e. The SMILES string of the molecule is Cc1c(C(N)=O)cc(C(=O)CN2CCN(S(=O)(=O)c3ccc(-c4ccccc4)cc3)CC2)n1Cc1cccs1. The number of hydrogen-bond acceptors (Lipinski definition) is 6. The fourth-order valence-electron chi connectivity index (χ4n) is 4.90. The van der Waals surface area contributed by atoms with Crippen molar-refractivity contribution in [3.8, 4) is 11.1 Å². The topological polar surface area (TPSA) is 106 Å². The number of sulfonamides is 1. The van der Waals surface area contributed by atoms with Crippen molar-refractivity contribution in [1.82, 2.24) is 13.8 Å². The number of carbonyl (C=O) groups is 2. The van der Waals surface area contributed by atoms with Crippen molar-refractivity contribution in [3.63, 3.8) is 0 Å². The predicted octanol–water partition coefficient (Wildman–Crippen LogP) is 3.86. The number of primary amides is 1. The van der Waals surface area contributed by atoms with Crippen LogP contribution in [0.2, 0.25) is 0 Å². The van der Waals surface area contributed by atoms with Gasteiger partial charge in [0, 0.05) is 36.8 Å². The van der Waals surface area contributed by atoms with E-state index in [0.717, 1.165) is 16.0 Å². The van der Waals surface area contributed by atoms with E-state index in [1.165, 1.54) is 4.31 Å². The lowest BCUT2D eigenvalue weighted by Gasteiger charge is -2.33. The number of Topliss-reactive ketones (excluding diaryl/α,β-unsaturated/α-hetero) is 1. The molecule has 39 heavy (non-hydrogen) atoms. The van der Waals surface area contributed by atoms with E-state index in [2.05, 4.69) is 0 Å². The highest BCUT2D eigenvalue weighted by Gasteiger charge is 2.30. The maximum absolute atomic E-state index is 13.4. The Kier molecular flexibility index (Phi) is 7.81. The first-order chi connectivity index (χ1) is 18.7. The van der Waals surface area contributed by atoms with Crippen molar-refractivity contribution >= 4 is 33.1 Å². The second-order valence-corrected chi connectivity index (χ2v) is 12.5. The second-order valence-electron chi connectivity index (χ2n) is 9.55. The number of nitrogens with two attached hydrogens (primary N) is 1. The standard InChI is InChI=1S/C29H30N4O4S2/c1-21-26(29(30)35)18-27(33(21)19-24-8-5-17-38-24)28(34)20-31-13-15-32(16-14-31)39(36,37)25-11-9-23(10-12-25)22-6-3-2-4-7-22/h2-12,17-18H,13-16,19-20H2,1H3,(H2,30,35). The molecule has 0 saturated carbocycles. The van der Waals surface area contributed by atoms with Gasteiger partial charge in [0.1, 0.15) is 0 Å². The Balaban J connectivity index is 1.25. The van der Waals surface area contributed by atoms with Gasteiger partial charge in [-0.2, -0.15) is 4.31 Å². The van der Waals surface area contributed by atoms with E-state index in [1.807, 2.05) is 69.4 Å². The van der Waals surface area contributed by atoms with Crippen molar-refractivity contribution in [2.24, 2.45) is 5.73 Å². The number of aromatic nitrogens is 1. The molecular formula is C29H30N4O4S2. The lowest BCUT2D eigenvalue weighted by Crippen LogP contribution is -2.49. The first-order valence-corrected chi connectivity index (χ1v) is 15.0. The zero-order valence-corrected chi connectivity index (χ0v) is 23.2. The zero-order valence-electron chi connectivity index (χ0n) is 21.6.